The number of carbonyl (C=O) groups excluding carboxylic acids is 1. The summed E-state index contributed by atoms with van der Waals surface area (Å²) in [5.74, 6) is 1.09. The fourth-order valence-corrected chi connectivity index (χ4v) is 2.56. The number of pyridine rings is 1. The Morgan fingerprint density at radius 1 is 1.53 bits per heavy atom. The van der Waals surface area contributed by atoms with Crippen LogP contribution in [0.25, 0.3) is 0 Å². The normalized spacial score (nSPS) is 16.4. The number of rotatable bonds is 3. The number of aromatic nitrogens is 1. The van der Waals surface area contributed by atoms with Crippen LogP contribution in [0.1, 0.15) is 36.5 Å². The topological polar surface area (TPSA) is 68.5 Å². The molecule has 2 heterocycles. The van der Waals surface area contributed by atoms with Gasteiger partial charge in [0.15, 0.2) is 5.82 Å². The molecule has 5 heteroatoms. The summed E-state index contributed by atoms with van der Waals surface area (Å²) in [5.41, 5.74) is 6.87. The molecule has 0 atom stereocenters. The highest BCUT2D eigenvalue weighted by atomic mass is 16.5. The lowest BCUT2D eigenvalue weighted by atomic mass is 9.94. The molecule has 2 rings (SSSR count). The maximum atomic E-state index is 11.6. The predicted molar refractivity (Wildman–Crippen MR) is 75.2 cm³/mol. The van der Waals surface area contributed by atoms with Gasteiger partial charge in [0, 0.05) is 19.3 Å². The number of nitrogens with zero attached hydrogens (tertiary/aromatic N) is 2. The Bertz CT molecular complexity index is 454. The molecule has 0 aliphatic carbocycles. The first-order chi connectivity index (χ1) is 9.17. The summed E-state index contributed by atoms with van der Waals surface area (Å²) in [7, 11) is 1.36. The van der Waals surface area contributed by atoms with E-state index in [9.17, 15) is 4.79 Å². The minimum Gasteiger partial charge on any atom is -0.465 e. The quantitative estimate of drug-likeness (QED) is 0.846. The van der Waals surface area contributed by atoms with E-state index in [2.05, 4.69) is 16.8 Å². The van der Waals surface area contributed by atoms with Gasteiger partial charge in [0.05, 0.1) is 18.4 Å². The van der Waals surface area contributed by atoms with Crippen molar-refractivity contribution in [3.8, 4) is 0 Å². The average Bonchev–Trinajstić information content (AvgIpc) is 2.47. The van der Waals surface area contributed by atoms with Gasteiger partial charge in [0.1, 0.15) is 0 Å². The first kappa shape index (κ1) is 13.6. The highest BCUT2D eigenvalue weighted by molar-refractivity contribution is 5.97. The number of nitrogens with two attached hydrogens (primary N) is 1. The molecular weight excluding hydrogens is 242 g/mol. The van der Waals surface area contributed by atoms with E-state index in [-0.39, 0.29) is 0 Å². The van der Waals surface area contributed by atoms with E-state index in [0.717, 1.165) is 31.8 Å². The van der Waals surface area contributed by atoms with Crippen molar-refractivity contribution in [2.45, 2.75) is 26.2 Å². The molecule has 0 saturated carbocycles. The van der Waals surface area contributed by atoms with Gasteiger partial charge in [-0.1, -0.05) is 13.3 Å². The third kappa shape index (κ3) is 2.80. The number of hydrogen-bond acceptors (Lipinski definition) is 5. The lowest BCUT2D eigenvalue weighted by Crippen LogP contribution is -2.34. The SMILES string of the molecule is CCC1CCN(c2nccc(C(=O)OC)c2N)CC1. The van der Waals surface area contributed by atoms with E-state index in [1.807, 2.05) is 0 Å². The molecule has 1 aliphatic heterocycles. The van der Waals surface area contributed by atoms with E-state index >= 15 is 0 Å². The molecule has 104 valence electrons. The fraction of sp³-hybridized carbons (Fsp3) is 0.571. The number of piperidine rings is 1. The Kier molecular flexibility index (Phi) is 4.24. The second-order valence-electron chi connectivity index (χ2n) is 4.93. The van der Waals surface area contributed by atoms with Crippen LogP contribution in [0, 0.1) is 5.92 Å². The number of ether oxygens (including phenoxy) is 1. The zero-order valence-electron chi connectivity index (χ0n) is 11.6. The zero-order chi connectivity index (χ0) is 13.8. The number of nitrogen functional groups attached to an aromatic ring is 1. The number of anilines is 2. The van der Waals surface area contributed by atoms with Gasteiger partial charge in [0.2, 0.25) is 0 Å². The molecule has 1 fully saturated rings. The van der Waals surface area contributed by atoms with Crippen LogP contribution in [0.4, 0.5) is 11.5 Å². The maximum Gasteiger partial charge on any atom is 0.340 e. The summed E-state index contributed by atoms with van der Waals surface area (Å²) >= 11 is 0. The molecule has 1 aliphatic rings. The van der Waals surface area contributed by atoms with E-state index in [4.69, 9.17) is 10.5 Å². The van der Waals surface area contributed by atoms with Gasteiger partial charge in [-0.2, -0.15) is 0 Å². The molecule has 1 saturated heterocycles. The van der Waals surface area contributed by atoms with Gasteiger partial charge in [-0.25, -0.2) is 9.78 Å². The van der Waals surface area contributed by atoms with Gasteiger partial charge in [-0.15, -0.1) is 0 Å². The van der Waals surface area contributed by atoms with Crippen LogP contribution in [0.3, 0.4) is 0 Å². The summed E-state index contributed by atoms with van der Waals surface area (Å²) in [6.07, 6.45) is 5.14. The molecule has 1 aromatic heterocycles. The van der Waals surface area contributed by atoms with Crippen LogP contribution in [0.5, 0.6) is 0 Å². The molecule has 1 aromatic rings. The van der Waals surface area contributed by atoms with E-state index in [0.29, 0.717) is 17.1 Å². The van der Waals surface area contributed by atoms with Crippen LogP contribution in [0.2, 0.25) is 0 Å². The van der Waals surface area contributed by atoms with Crippen molar-refractivity contribution >= 4 is 17.5 Å². The van der Waals surface area contributed by atoms with Gasteiger partial charge < -0.3 is 15.4 Å². The van der Waals surface area contributed by atoms with Crippen molar-refractivity contribution in [3.05, 3.63) is 17.8 Å². The third-order valence-electron chi connectivity index (χ3n) is 3.87. The van der Waals surface area contributed by atoms with Crippen molar-refractivity contribution in [2.75, 3.05) is 30.8 Å². The second kappa shape index (κ2) is 5.91. The molecule has 0 bridgehead atoms. The van der Waals surface area contributed by atoms with Gasteiger partial charge in [-0.05, 0) is 24.8 Å². The molecular formula is C14H21N3O2. The average molecular weight is 263 g/mol. The Morgan fingerprint density at radius 3 is 2.79 bits per heavy atom. The van der Waals surface area contributed by atoms with Gasteiger partial charge >= 0.3 is 5.97 Å². The van der Waals surface area contributed by atoms with Crippen molar-refractivity contribution in [1.82, 2.24) is 4.98 Å². The standard InChI is InChI=1S/C14H21N3O2/c1-3-10-5-8-17(9-6-10)13-12(15)11(4-7-16-13)14(18)19-2/h4,7,10H,3,5-6,8-9,15H2,1-2H3. The minimum atomic E-state index is -0.412. The molecule has 2 N–H and O–H groups in total. The molecule has 5 nitrogen and oxygen atoms in total. The number of carbonyl (C=O) groups is 1. The van der Waals surface area contributed by atoms with Crippen molar-refractivity contribution in [3.63, 3.8) is 0 Å². The van der Waals surface area contributed by atoms with Crippen LogP contribution in [-0.2, 0) is 4.74 Å². The smallest absolute Gasteiger partial charge is 0.340 e. The summed E-state index contributed by atoms with van der Waals surface area (Å²) in [5, 5.41) is 0. The maximum absolute atomic E-state index is 11.6. The highest BCUT2D eigenvalue weighted by Crippen LogP contribution is 2.29. The number of methoxy groups -OCH3 is 1. The monoisotopic (exact) mass is 263 g/mol. The largest absolute Gasteiger partial charge is 0.465 e. The molecule has 0 unspecified atom stereocenters. The van der Waals surface area contributed by atoms with Crippen LogP contribution in [-0.4, -0.2) is 31.2 Å². The molecule has 0 amide bonds. The second-order valence-corrected chi connectivity index (χ2v) is 4.93. The minimum absolute atomic E-state index is 0.394. The van der Waals surface area contributed by atoms with Gasteiger partial charge in [0.25, 0.3) is 0 Å². The Morgan fingerprint density at radius 2 is 2.21 bits per heavy atom. The highest BCUT2D eigenvalue weighted by Gasteiger charge is 2.22. The lowest BCUT2D eigenvalue weighted by molar-refractivity contribution is 0.0602. The van der Waals surface area contributed by atoms with Crippen LogP contribution >= 0.6 is 0 Å². The van der Waals surface area contributed by atoms with Gasteiger partial charge in [-0.3, -0.25) is 0 Å². The Labute approximate surface area is 113 Å². The Balaban J connectivity index is 2.19. The first-order valence-corrected chi connectivity index (χ1v) is 6.75. The summed E-state index contributed by atoms with van der Waals surface area (Å²) in [6, 6.07) is 1.60. The predicted octanol–water partition coefficient (Wildman–Crippen LogP) is 2.08. The van der Waals surface area contributed by atoms with Crippen LogP contribution in [0.15, 0.2) is 12.3 Å². The van der Waals surface area contributed by atoms with Crippen molar-refractivity contribution in [1.29, 1.82) is 0 Å². The lowest BCUT2D eigenvalue weighted by Gasteiger charge is -2.33. The fourth-order valence-electron chi connectivity index (χ4n) is 2.56. The van der Waals surface area contributed by atoms with E-state index in [1.54, 1.807) is 12.3 Å². The third-order valence-corrected chi connectivity index (χ3v) is 3.87. The molecule has 0 aromatic carbocycles. The zero-order valence-corrected chi connectivity index (χ0v) is 11.6. The molecule has 0 radical (unpaired) electrons. The van der Waals surface area contributed by atoms with Crippen LogP contribution < -0.4 is 10.6 Å². The summed E-state index contributed by atoms with van der Waals surface area (Å²) in [4.78, 5) is 18.1. The summed E-state index contributed by atoms with van der Waals surface area (Å²) in [6.45, 7) is 4.12. The first-order valence-electron chi connectivity index (χ1n) is 6.75. The summed E-state index contributed by atoms with van der Waals surface area (Å²) < 4.78 is 4.73. The number of esters is 1. The number of hydrogen-bond donors (Lipinski definition) is 1. The van der Waals surface area contributed by atoms with E-state index in [1.165, 1.54) is 13.5 Å². The van der Waals surface area contributed by atoms with Crippen molar-refractivity contribution < 1.29 is 9.53 Å². The molecule has 19 heavy (non-hydrogen) atoms. The molecule has 0 spiro atoms. The van der Waals surface area contributed by atoms with E-state index < -0.39 is 5.97 Å². The van der Waals surface area contributed by atoms with Crippen molar-refractivity contribution in [2.24, 2.45) is 5.92 Å². The Hall–Kier alpha value is -1.78.